The van der Waals surface area contributed by atoms with Gasteiger partial charge < -0.3 is 20.3 Å². The van der Waals surface area contributed by atoms with Crippen LogP contribution in [0, 0.1) is 17.8 Å². The molecule has 2 saturated heterocycles. The van der Waals surface area contributed by atoms with E-state index in [1.54, 1.807) is 18.2 Å². The number of carbonyl (C=O) groups excluding carboxylic acids is 4. The zero-order valence-electron chi connectivity index (χ0n) is 23.7. The van der Waals surface area contributed by atoms with Crippen LogP contribution in [-0.4, -0.2) is 66.7 Å². The molecule has 1 saturated carbocycles. The molecule has 2 heterocycles. The number of likely N-dealkylation sites (tertiary alicyclic amines) is 2. The summed E-state index contributed by atoms with van der Waals surface area (Å²) >= 11 is 6.30. The predicted octanol–water partition coefficient (Wildman–Crippen LogP) is 5.66. The first kappa shape index (κ1) is 30.4. The van der Waals surface area contributed by atoms with Crippen molar-refractivity contribution in [3.63, 3.8) is 0 Å². The molecule has 0 aromatic heterocycles. The van der Waals surface area contributed by atoms with E-state index in [0.717, 1.165) is 57.5 Å². The molecule has 0 spiro atoms. The van der Waals surface area contributed by atoms with E-state index >= 15 is 0 Å². The Balaban J connectivity index is 1.18. The van der Waals surface area contributed by atoms with E-state index in [9.17, 15) is 19.2 Å². The van der Waals surface area contributed by atoms with E-state index < -0.39 is 6.03 Å². The molecule has 0 atom stereocenters. The number of nitrogens with zero attached hydrogens (tertiary/aromatic N) is 3. The van der Waals surface area contributed by atoms with Crippen molar-refractivity contribution in [2.24, 2.45) is 23.5 Å². The van der Waals surface area contributed by atoms with Gasteiger partial charge in [-0.2, -0.15) is 0 Å². The Bertz CT molecular complexity index is 1030. The number of anilines is 1. The van der Waals surface area contributed by atoms with Crippen molar-refractivity contribution in [3.8, 4) is 0 Å². The Morgan fingerprint density at radius 3 is 2.08 bits per heavy atom. The van der Waals surface area contributed by atoms with Crippen LogP contribution in [0.25, 0.3) is 0 Å². The first-order valence-corrected chi connectivity index (χ1v) is 15.6. The second-order valence-corrected chi connectivity index (χ2v) is 12.3. The molecule has 1 aromatic carbocycles. The minimum atomic E-state index is -0.715. The van der Waals surface area contributed by atoms with Gasteiger partial charge in [-0.05, 0) is 68.6 Å². The maximum Gasteiger partial charge on any atom is 0.319 e. The third kappa shape index (κ3) is 7.99. The molecule has 1 aromatic rings. The van der Waals surface area contributed by atoms with Gasteiger partial charge in [0.15, 0.2) is 0 Å². The minimum Gasteiger partial charge on any atom is -0.351 e. The number of piperidine rings is 2. The Labute approximate surface area is 243 Å². The summed E-state index contributed by atoms with van der Waals surface area (Å²) in [5, 5.41) is 0.307. The summed E-state index contributed by atoms with van der Waals surface area (Å²) in [6.45, 7) is 3.41. The highest BCUT2D eigenvalue weighted by Crippen LogP contribution is 2.32. The smallest absolute Gasteiger partial charge is 0.319 e. The fraction of sp³-hybridized carbons (Fsp3) is 0.677. The van der Waals surface area contributed by atoms with E-state index in [-0.39, 0.29) is 24.8 Å². The predicted molar refractivity (Wildman–Crippen MR) is 157 cm³/mol. The molecule has 0 unspecified atom stereocenters. The SMILES string of the molecule is NC(=O)N(CCC=O)c1cc(C(=O)N2CCC(CCCC3CCN(C(=O)C4CCCCC4)CC3)CC2)ccc1Cl. The Morgan fingerprint density at radius 2 is 1.50 bits per heavy atom. The summed E-state index contributed by atoms with van der Waals surface area (Å²) in [6.07, 6.45) is 14.6. The largest absolute Gasteiger partial charge is 0.351 e. The van der Waals surface area contributed by atoms with E-state index in [1.807, 2.05) is 4.90 Å². The third-order valence-electron chi connectivity index (χ3n) is 9.23. The van der Waals surface area contributed by atoms with Crippen molar-refractivity contribution in [1.29, 1.82) is 0 Å². The van der Waals surface area contributed by atoms with Crippen molar-refractivity contribution in [3.05, 3.63) is 28.8 Å². The highest BCUT2D eigenvalue weighted by atomic mass is 35.5. The number of aldehydes is 1. The zero-order chi connectivity index (χ0) is 28.5. The molecule has 8 nitrogen and oxygen atoms in total. The molecule has 0 bridgehead atoms. The van der Waals surface area contributed by atoms with Crippen LogP contribution in [-0.2, 0) is 9.59 Å². The lowest BCUT2D eigenvalue weighted by molar-refractivity contribution is -0.138. The van der Waals surface area contributed by atoms with Crippen LogP contribution in [0.3, 0.4) is 0 Å². The van der Waals surface area contributed by atoms with Gasteiger partial charge in [0, 0.05) is 50.6 Å². The van der Waals surface area contributed by atoms with E-state index in [4.69, 9.17) is 17.3 Å². The van der Waals surface area contributed by atoms with Crippen LogP contribution in [0.15, 0.2) is 18.2 Å². The first-order chi connectivity index (χ1) is 19.4. The molecule has 3 aliphatic rings. The van der Waals surface area contributed by atoms with Gasteiger partial charge in [-0.1, -0.05) is 50.1 Å². The molecule has 3 fully saturated rings. The number of rotatable bonds is 10. The number of hydrogen-bond acceptors (Lipinski definition) is 4. The van der Waals surface area contributed by atoms with Crippen molar-refractivity contribution in [2.45, 2.75) is 83.5 Å². The summed E-state index contributed by atoms with van der Waals surface area (Å²) in [7, 11) is 0. The Morgan fingerprint density at radius 1 is 0.900 bits per heavy atom. The van der Waals surface area contributed by atoms with Crippen LogP contribution in [0.5, 0.6) is 0 Å². The number of halogens is 1. The van der Waals surface area contributed by atoms with Gasteiger partial charge in [-0.3, -0.25) is 14.5 Å². The van der Waals surface area contributed by atoms with Gasteiger partial charge in [-0.25, -0.2) is 4.79 Å². The van der Waals surface area contributed by atoms with Crippen molar-refractivity contribution in [2.75, 3.05) is 37.6 Å². The zero-order valence-corrected chi connectivity index (χ0v) is 24.5. The number of carbonyl (C=O) groups is 4. The van der Waals surface area contributed by atoms with Gasteiger partial charge in [-0.15, -0.1) is 0 Å². The molecule has 1 aliphatic carbocycles. The fourth-order valence-electron chi connectivity index (χ4n) is 6.74. The van der Waals surface area contributed by atoms with Crippen molar-refractivity contribution >= 4 is 41.4 Å². The summed E-state index contributed by atoms with van der Waals surface area (Å²) in [5.41, 5.74) is 6.31. The standard InChI is InChI=1S/C31H45ClN4O4/c32-27-11-10-26(22-28(27)36(31(33)40)16-5-21-37)30(39)35-19-14-24(15-20-35)7-4-6-23-12-17-34(18-13-23)29(38)25-8-2-1-3-9-25/h10-11,21-25H,1-9,12-20H2,(H2,33,40). The fourth-order valence-corrected chi connectivity index (χ4v) is 6.96. The second-order valence-electron chi connectivity index (χ2n) is 11.9. The molecule has 220 valence electrons. The van der Waals surface area contributed by atoms with Gasteiger partial charge in [0.25, 0.3) is 5.91 Å². The van der Waals surface area contributed by atoms with E-state index in [2.05, 4.69) is 4.90 Å². The highest BCUT2D eigenvalue weighted by molar-refractivity contribution is 6.34. The lowest BCUT2D eigenvalue weighted by Crippen LogP contribution is -2.42. The Kier molecular flexibility index (Phi) is 11.3. The second kappa shape index (κ2) is 14.9. The average molecular weight is 573 g/mol. The lowest BCUT2D eigenvalue weighted by Gasteiger charge is -2.36. The van der Waals surface area contributed by atoms with Crippen LogP contribution >= 0.6 is 11.6 Å². The van der Waals surface area contributed by atoms with E-state index in [0.29, 0.717) is 47.5 Å². The maximum atomic E-state index is 13.2. The molecule has 40 heavy (non-hydrogen) atoms. The molecular formula is C31H45ClN4O4. The summed E-state index contributed by atoms with van der Waals surface area (Å²) < 4.78 is 0. The van der Waals surface area contributed by atoms with E-state index in [1.165, 1.54) is 43.4 Å². The quantitative estimate of drug-likeness (QED) is 0.365. The molecule has 4 amide bonds. The third-order valence-corrected chi connectivity index (χ3v) is 9.55. The van der Waals surface area contributed by atoms with Crippen molar-refractivity contribution in [1.82, 2.24) is 9.80 Å². The maximum absolute atomic E-state index is 13.2. The van der Waals surface area contributed by atoms with Gasteiger partial charge >= 0.3 is 6.03 Å². The highest BCUT2D eigenvalue weighted by Gasteiger charge is 2.30. The first-order valence-electron chi connectivity index (χ1n) is 15.3. The van der Waals surface area contributed by atoms with Gasteiger partial charge in [0.1, 0.15) is 6.29 Å². The minimum absolute atomic E-state index is 0.0780. The number of amides is 4. The Hall–Kier alpha value is -2.61. The molecule has 0 radical (unpaired) electrons. The summed E-state index contributed by atoms with van der Waals surface area (Å²) in [6, 6.07) is 4.16. The lowest BCUT2D eigenvalue weighted by atomic mass is 9.85. The topological polar surface area (TPSA) is 104 Å². The van der Waals surface area contributed by atoms with Crippen LogP contribution in [0.2, 0.25) is 5.02 Å². The summed E-state index contributed by atoms with van der Waals surface area (Å²) in [5.74, 6) is 1.97. The molecule has 4 rings (SSSR count). The normalized spacial score (nSPS) is 19.4. The number of benzene rings is 1. The average Bonchev–Trinajstić information content (AvgIpc) is 2.98. The number of hydrogen-bond donors (Lipinski definition) is 1. The van der Waals surface area contributed by atoms with Crippen molar-refractivity contribution < 1.29 is 19.2 Å². The summed E-state index contributed by atoms with van der Waals surface area (Å²) in [4.78, 5) is 54.0. The number of urea groups is 1. The van der Waals surface area contributed by atoms with Crippen LogP contribution in [0.1, 0.15) is 93.8 Å². The molecule has 2 aliphatic heterocycles. The van der Waals surface area contributed by atoms with Crippen LogP contribution in [0.4, 0.5) is 10.5 Å². The van der Waals surface area contributed by atoms with Crippen LogP contribution < -0.4 is 10.6 Å². The number of nitrogens with two attached hydrogens (primary N) is 1. The van der Waals surface area contributed by atoms with Gasteiger partial charge in [0.05, 0.1) is 10.7 Å². The monoisotopic (exact) mass is 572 g/mol. The number of primary amides is 1. The molecule has 9 heteroatoms. The molecule has 2 N–H and O–H groups in total. The molecular weight excluding hydrogens is 528 g/mol. The van der Waals surface area contributed by atoms with Gasteiger partial charge in [0.2, 0.25) is 5.91 Å².